The van der Waals surface area contributed by atoms with Crippen LogP contribution >= 0.6 is 0 Å². The Labute approximate surface area is 174 Å². The van der Waals surface area contributed by atoms with E-state index >= 15 is 0 Å². The molecule has 1 aliphatic rings. The fourth-order valence-corrected chi connectivity index (χ4v) is 4.32. The molecule has 2 aromatic carbocycles. The second kappa shape index (κ2) is 7.84. The number of aryl methyl sites for hydroxylation is 1. The van der Waals surface area contributed by atoms with E-state index in [0.717, 1.165) is 48.0 Å². The van der Waals surface area contributed by atoms with E-state index in [4.69, 9.17) is 0 Å². The zero-order valence-corrected chi connectivity index (χ0v) is 17.0. The summed E-state index contributed by atoms with van der Waals surface area (Å²) >= 11 is 0. The first-order chi connectivity index (χ1) is 14.7. The van der Waals surface area contributed by atoms with Crippen molar-refractivity contribution >= 4 is 10.9 Å². The third-order valence-corrected chi connectivity index (χ3v) is 5.81. The molecule has 3 heterocycles. The molecular formula is C23H24N6O. The number of fused-ring (bicyclic) bond motifs is 1. The van der Waals surface area contributed by atoms with Gasteiger partial charge in [-0.05, 0) is 72.4 Å². The van der Waals surface area contributed by atoms with Gasteiger partial charge < -0.3 is 4.98 Å². The molecule has 0 amide bonds. The number of tetrazole rings is 1. The summed E-state index contributed by atoms with van der Waals surface area (Å²) in [5.74, 6) is 0.707. The number of aromatic nitrogens is 5. The van der Waals surface area contributed by atoms with Crippen molar-refractivity contribution in [2.45, 2.75) is 32.4 Å². The van der Waals surface area contributed by atoms with Crippen LogP contribution in [0.25, 0.3) is 10.9 Å². The number of benzene rings is 2. The molecule has 30 heavy (non-hydrogen) atoms. The molecule has 1 atom stereocenters. The molecule has 7 nitrogen and oxygen atoms in total. The molecule has 0 radical (unpaired) electrons. The summed E-state index contributed by atoms with van der Waals surface area (Å²) < 4.78 is 1.82. The van der Waals surface area contributed by atoms with Gasteiger partial charge in [-0.25, -0.2) is 4.68 Å². The first-order valence-electron chi connectivity index (χ1n) is 10.4. The van der Waals surface area contributed by atoms with Crippen LogP contribution in [0.1, 0.15) is 41.4 Å². The SMILES string of the molecule is Cc1ccc2[nH]c(=O)c([C@@H](c3nnnn3Cc3ccccc3)N3CCCC3)cc2c1. The fourth-order valence-electron chi connectivity index (χ4n) is 4.32. The minimum absolute atomic E-state index is 0.0856. The number of H-pyrrole nitrogens is 1. The third-order valence-electron chi connectivity index (χ3n) is 5.81. The van der Waals surface area contributed by atoms with Gasteiger partial charge in [0.2, 0.25) is 0 Å². The maximum atomic E-state index is 13.1. The predicted octanol–water partition coefficient (Wildman–Crippen LogP) is 3.06. The summed E-state index contributed by atoms with van der Waals surface area (Å²) in [5, 5.41) is 13.6. The van der Waals surface area contributed by atoms with Crippen molar-refractivity contribution < 1.29 is 0 Å². The van der Waals surface area contributed by atoms with E-state index in [0.29, 0.717) is 17.9 Å². The van der Waals surface area contributed by atoms with Gasteiger partial charge >= 0.3 is 0 Å². The molecule has 0 bridgehead atoms. The molecule has 4 aromatic rings. The summed E-state index contributed by atoms with van der Waals surface area (Å²) in [5.41, 5.74) is 3.73. The number of nitrogens with one attached hydrogen (secondary N) is 1. The molecule has 1 saturated heterocycles. The van der Waals surface area contributed by atoms with Crippen molar-refractivity contribution in [3.8, 4) is 0 Å². The van der Waals surface area contributed by atoms with Crippen molar-refractivity contribution in [1.29, 1.82) is 0 Å². The van der Waals surface area contributed by atoms with Crippen molar-refractivity contribution in [1.82, 2.24) is 30.1 Å². The van der Waals surface area contributed by atoms with Gasteiger partial charge in [0, 0.05) is 11.1 Å². The van der Waals surface area contributed by atoms with Crippen LogP contribution in [0.4, 0.5) is 0 Å². The Balaban J connectivity index is 1.63. The van der Waals surface area contributed by atoms with Crippen molar-refractivity contribution in [3.05, 3.63) is 87.5 Å². The second-order valence-corrected chi connectivity index (χ2v) is 7.97. The summed E-state index contributed by atoms with van der Waals surface area (Å²) in [4.78, 5) is 18.5. The Morgan fingerprint density at radius 2 is 1.87 bits per heavy atom. The van der Waals surface area contributed by atoms with E-state index in [1.165, 1.54) is 0 Å². The maximum absolute atomic E-state index is 13.1. The summed E-state index contributed by atoms with van der Waals surface area (Å²) in [6.45, 7) is 4.48. The number of likely N-dealkylation sites (tertiary alicyclic amines) is 1. The molecule has 5 rings (SSSR count). The number of rotatable bonds is 5. The van der Waals surface area contributed by atoms with E-state index in [1.54, 1.807) is 0 Å². The Bertz CT molecular complexity index is 1220. The van der Waals surface area contributed by atoms with Gasteiger partial charge in [-0.15, -0.1) is 5.10 Å². The van der Waals surface area contributed by atoms with Crippen LogP contribution in [-0.2, 0) is 6.54 Å². The van der Waals surface area contributed by atoms with Crippen molar-refractivity contribution in [3.63, 3.8) is 0 Å². The molecule has 0 aliphatic carbocycles. The first-order valence-corrected chi connectivity index (χ1v) is 10.4. The van der Waals surface area contributed by atoms with Crippen LogP contribution in [0.3, 0.4) is 0 Å². The largest absolute Gasteiger partial charge is 0.322 e. The Morgan fingerprint density at radius 3 is 2.67 bits per heavy atom. The monoisotopic (exact) mass is 400 g/mol. The third kappa shape index (κ3) is 3.52. The molecule has 0 unspecified atom stereocenters. The lowest BCUT2D eigenvalue weighted by Crippen LogP contribution is -2.33. The summed E-state index contributed by atoms with van der Waals surface area (Å²) in [6.07, 6.45) is 2.22. The quantitative estimate of drug-likeness (QED) is 0.557. The van der Waals surface area contributed by atoms with Crippen LogP contribution in [0.2, 0.25) is 0 Å². The Morgan fingerprint density at radius 1 is 1.07 bits per heavy atom. The summed E-state index contributed by atoms with van der Waals surface area (Å²) in [7, 11) is 0. The molecule has 0 spiro atoms. The zero-order valence-electron chi connectivity index (χ0n) is 17.0. The number of nitrogens with zero attached hydrogens (tertiary/aromatic N) is 5. The molecule has 0 saturated carbocycles. The van der Waals surface area contributed by atoms with Crippen molar-refractivity contribution in [2.75, 3.05) is 13.1 Å². The molecular weight excluding hydrogens is 376 g/mol. The maximum Gasteiger partial charge on any atom is 0.253 e. The van der Waals surface area contributed by atoms with Crippen LogP contribution in [0.5, 0.6) is 0 Å². The van der Waals surface area contributed by atoms with E-state index in [2.05, 4.69) is 50.5 Å². The highest BCUT2D eigenvalue weighted by Gasteiger charge is 2.32. The minimum atomic E-state index is -0.278. The van der Waals surface area contributed by atoms with Crippen molar-refractivity contribution in [2.24, 2.45) is 0 Å². The van der Waals surface area contributed by atoms with E-state index in [1.807, 2.05) is 41.1 Å². The highest BCUT2D eigenvalue weighted by atomic mass is 16.1. The number of hydrogen-bond acceptors (Lipinski definition) is 5. The lowest BCUT2D eigenvalue weighted by atomic mass is 10.0. The topological polar surface area (TPSA) is 79.7 Å². The average Bonchev–Trinajstić information content (AvgIpc) is 3.43. The molecule has 1 fully saturated rings. The lowest BCUT2D eigenvalue weighted by Gasteiger charge is -2.26. The van der Waals surface area contributed by atoms with Crippen LogP contribution < -0.4 is 5.56 Å². The summed E-state index contributed by atoms with van der Waals surface area (Å²) in [6, 6.07) is 17.9. The first kappa shape index (κ1) is 18.7. The van der Waals surface area contributed by atoms with E-state index in [-0.39, 0.29) is 11.6 Å². The van der Waals surface area contributed by atoms with Gasteiger partial charge in [-0.2, -0.15) is 0 Å². The van der Waals surface area contributed by atoms with Crippen LogP contribution in [0.15, 0.2) is 59.4 Å². The number of aromatic amines is 1. The van der Waals surface area contributed by atoms with Gasteiger partial charge in [-0.3, -0.25) is 9.69 Å². The minimum Gasteiger partial charge on any atom is -0.322 e. The molecule has 7 heteroatoms. The van der Waals surface area contributed by atoms with E-state index in [9.17, 15) is 4.79 Å². The highest BCUT2D eigenvalue weighted by molar-refractivity contribution is 5.79. The van der Waals surface area contributed by atoms with Gasteiger partial charge in [0.05, 0.1) is 6.54 Å². The highest BCUT2D eigenvalue weighted by Crippen LogP contribution is 2.30. The lowest BCUT2D eigenvalue weighted by molar-refractivity contribution is 0.263. The van der Waals surface area contributed by atoms with Crippen LogP contribution in [-0.4, -0.2) is 43.2 Å². The molecule has 1 N–H and O–H groups in total. The van der Waals surface area contributed by atoms with Gasteiger partial charge in [0.25, 0.3) is 5.56 Å². The normalized spacial score (nSPS) is 15.6. The Kier molecular flexibility index (Phi) is 4.88. The van der Waals surface area contributed by atoms with Gasteiger partial charge in [0.1, 0.15) is 6.04 Å². The molecule has 2 aromatic heterocycles. The molecule has 152 valence electrons. The van der Waals surface area contributed by atoms with Gasteiger partial charge in [0.15, 0.2) is 5.82 Å². The fraction of sp³-hybridized carbons (Fsp3) is 0.304. The molecule has 1 aliphatic heterocycles. The average molecular weight is 400 g/mol. The zero-order chi connectivity index (χ0) is 20.5. The number of hydrogen-bond donors (Lipinski definition) is 1. The smallest absolute Gasteiger partial charge is 0.253 e. The van der Waals surface area contributed by atoms with Crippen LogP contribution in [0, 0.1) is 6.92 Å². The standard InChI is InChI=1S/C23H24N6O/c1-16-9-10-20-18(13-16)14-19(23(30)24-20)21(28-11-5-6-12-28)22-25-26-27-29(22)15-17-7-3-2-4-8-17/h2-4,7-10,13-14,21H,5-6,11-12,15H2,1H3,(H,24,30)/t21-/m0/s1. The number of pyridine rings is 1. The van der Waals surface area contributed by atoms with E-state index < -0.39 is 0 Å². The van der Waals surface area contributed by atoms with Gasteiger partial charge in [-0.1, -0.05) is 42.0 Å². The Hall–Kier alpha value is -3.32. The second-order valence-electron chi connectivity index (χ2n) is 7.97. The predicted molar refractivity (Wildman–Crippen MR) is 115 cm³/mol.